The van der Waals surface area contributed by atoms with E-state index in [-0.39, 0.29) is 11.9 Å². The second kappa shape index (κ2) is 6.84. The maximum absolute atomic E-state index is 13.0. The highest BCUT2D eigenvalue weighted by Gasteiger charge is 2.32. The molecule has 120 valence electrons. The van der Waals surface area contributed by atoms with Crippen LogP contribution in [0.2, 0.25) is 0 Å². The van der Waals surface area contributed by atoms with Crippen LogP contribution in [-0.2, 0) is 0 Å². The van der Waals surface area contributed by atoms with Gasteiger partial charge < -0.3 is 16.0 Å². The summed E-state index contributed by atoms with van der Waals surface area (Å²) in [4.78, 5) is 14.9. The van der Waals surface area contributed by atoms with E-state index in [1.54, 1.807) is 0 Å². The van der Waals surface area contributed by atoms with Crippen LogP contribution in [-0.4, -0.2) is 29.9 Å². The summed E-state index contributed by atoms with van der Waals surface area (Å²) in [5.74, 6) is 0.482. The SMILES string of the molecule is CC1CC(CN)CN1C(=O)c1ccccc1Nc1ccccc1. The Morgan fingerprint density at radius 2 is 1.87 bits per heavy atom. The number of amides is 1. The maximum Gasteiger partial charge on any atom is 0.256 e. The van der Waals surface area contributed by atoms with Crippen molar-refractivity contribution in [1.29, 1.82) is 0 Å². The molecule has 3 N–H and O–H groups in total. The molecule has 2 unspecified atom stereocenters. The number of carbonyl (C=O) groups excluding carboxylic acids is 1. The standard InChI is InChI=1S/C19H23N3O/c1-14-11-15(12-20)13-22(14)19(23)17-9-5-6-10-18(17)21-16-7-3-2-4-8-16/h2-10,14-15,21H,11-13,20H2,1H3. The molecule has 1 aliphatic heterocycles. The first-order chi connectivity index (χ1) is 11.2. The predicted octanol–water partition coefficient (Wildman–Crippen LogP) is 3.24. The van der Waals surface area contributed by atoms with E-state index in [9.17, 15) is 4.79 Å². The quantitative estimate of drug-likeness (QED) is 0.911. The fraction of sp³-hybridized carbons (Fsp3) is 0.316. The minimum Gasteiger partial charge on any atom is -0.355 e. The minimum absolute atomic E-state index is 0.0764. The molecule has 0 saturated carbocycles. The number of nitrogens with two attached hydrogens (primary N) is 1. The maximum atomic E-state index is 13.0. The van der Waals surface area contributed by atoms with E-state index < -0.39 is 0 Å². The fourth-order valence-electron chi connectivity index (χ4n) is 3.21. The van der Waals surface area contributed by atoms with Crippen LogP contribution in [0.3, 0.4) is 0 Å². The number of nitrogens with one attached hydrogen (secondary N) is 1. The molecule has 0 aliphatic carbocycles. The van der Waals surface area contributed by atoms with Crippen LogP contribution < -0.4 is 11.1 Å². The first-order valence-electron chi connectivity index (χ1n) is 8.11. The van der Waals surface area contributed by atoms with Crippen LogP contribution in [0.4, 0.5) is 11.4 Å². The molecule has 1 amide bonds. The molecular weight excluding hydrogens is 286 g/mol. The molecule has 1 aliphatic rings. The number of rotatable bonds is 4. The summed E-state index contributed by atoms with van der Waals surface area (Å²) in [6.07, 6.45) is 0.983. The zero-order chi connectivity index (χ0) is 16.2. The Labute approximate surface area is 137 Å². The summed E-state index contributed by atoms with van der Waals surface area (Å²) in [7, 11) is 0. The van der Waals surface area contributed by atoms with Crippen LogP contribution >= 0.6 is 0 Å². The molecule has 3 rings (SSSR count). The van der Waals surface area contributed by atoms with Crippen molar-refractivity contribution >= 4 is 17.3 Å². The normalized spacial score (nSPS) is 20.5. The van der Waals surface area contributed by atoms with Crippen molar-refractivity contribution in [1.82, 2.24) is 4.90 Å². The number of carbonyl (C=O) groups is 1. The van der Waals surface area contributed by atoms with Crippen molar-refractivity contribution in [2.45, 2.75) is 19.4 Å². The molecule has 4 heteroatoms. The molecule has 2 atom stereocenters. The topological polar surface area (TPSA) is 58.4 Å². The molecule has 2 aromatic carbocycles. The fourth-order valence-corrected chi connectivity index (χ4v) is 3.21. The first-order valence-corrected chi connectivity index (χ1v) is 8.11. The van der Waals surface area contributed by atoms with E-state index in [4.69, 9.17) is 5.73 Å². The van der Waals surface area contributed by atoms with Gasteiger partial charge in [-0.25, -0.2) is 0 Å². The Kier molecular flexibility index (Phi) is 4.63. The lowest BCUT2D eigenvalue weighted by atomic mass is 10.1. The summed E-state index contributed by atoms with van der Waals surface area (Å²) in [5.41, 5.74) is 8.30. The second-order valence-corrected chi connectivity index (χ2v) is 6.18. The van der Waals surface area contributed by atoms with E-state index in [1.807, 2.05) is 59.5 Å². The van der Waals surface area contributed by atoms with E-state index >= 15 is 0 Å². The van der Waals surface area contributed by atoms with Crippen molar-refractivity contribution in [2.24, 2.45) is 11.7 Å². The van der Waals surface area contributed by atoms with Crippen molar-refractivity contribution in [3.8, 4) is 0 Å². The number of likely N-dealkylation sites (tertiary alicyclic amines) is 1. The van der Waals surface area contributed by atoms with Crippen LogP contribution in [0.25, 0.3) is 0 Å². The van der Waals surface area contributed by atoms with Crippen molar-refractivity contribution in [3.05, 3.63) is 60.2 Å². The highest BCUT2D eigenvalue weighted by Crippen LogP contribution is 2.27. The van der Waals surface area contributed by atoms with Gasteiger partial charge in [0.2, 0.25) is 0 Å². The first kappa shape index (κ1) is 15.6. The van der Waals surface area contributed by atoms with E-state index in [2.05, 4.69) is 12.2 Å². The zero-order valence-electron chi connectivity index (χ0n) is 13.4. The summed E-state index contributed by atoms with van der Waals surface area (Å²) >= 11 is 0. The molecule has 1 heterocycles. The van der Waals surface area contributed by atoms with Crippen molar-refractivity contribution in [3.63, 3.8) is 0 Å². The number of hydrogen-bond acceptors (Lipinski definition) is 3. The van der Waals surface area contributed by atoms with Crippen molar-refractivity contribution < 1.29 is 4.79 Å². The van der Waals surface area contributed by atoms with Gasteiger partial charge in [-0.2, -0.15) is 0 Å². The molecule has 0 aromatic heterocycles. The lowest BCUT2D eigenvalue weighted by Gasteiger charge is -2.23. The van der Waals surface area contributed by atoms with Gasteiger partial charge in [-0.1, -0.05) is 30.3 Å². The minimum atomic E-state index is 0.0764. The molecule has 1 saturated heterocycles. The average Bonchev–Trinajstić information content (AvgIpc) is 2.97. The van der Waals surface area contributed by atoms with Gasteiger partial charge in [0.15, 0.2) is 0 Å². The van der Waals surface area contributed by atoms with Crippen molar-refractivity contribution in [2.75, 3.05) is 18.4 Å². The molecule has 0 bridgehead atoms. The molecule has 4 nitrogen and oxygen atoms in total. The van der Waals surface area contributed by atoms with Gasteiger partial charge in [0.05, 0.1) is 11.3 Å². The Morgan fingerprint density at radius 1 is 1.17 bits per heavy atom. The zero-order valence-corrected chi connectivity index (χ0v) is 13.4. The van der Waals surface area contributed by atoms with Crippen LogP contribution in [0.5, 0.6) is 0 Å². The molecule has 23 heavy (non-hydrogen) atoms. The van der Waals surface area contributed by atoms with Crippen LogP contribution in [0, 0.1) is 5.92 Å². The molecule has 1 fully saturated rings. The molecule has 0 spiro atoms. The monoisotopic (exact) mass is 309 g/mol. The molecule has 2 aromatic rings. The third-order valence-electron chi connectivity index (χ3n) is 4.47. The second-order valence-electron chi connectivity index (χ2n) is 6.18. The highest BCUT2D eigenvalue weighted by molar-refractivity contribution is 6.00. The van der Waals surface area contributed by atoms with Crippen LogP contribution in [0.1, 0.15) is 23.7 Å². The highest BCUT2D eigenvalue weighted by atomic mass is 16.2. The van der Waals surface area contributed by atoms with E-state index in [1.165, 1.54) is 0 Å². The number of benzene rings is 2. The predicted molar refractivity (Wildman–Crippen MR) is 93.8 cm³/mol. The Hall–Kier alpha value is -2.33. The van der Waals surface area contributed by atoms with E-state index in [0.29, 0.717) is 18.0 Å². The average molecular weight is 309 g/mol. The van der Waals surface area contributed by atoms with Gasteiger partial charge >= 0.3 is 0 Å². The number of nitrogens with zero attached hydrogens (tertiary/aromatic N) is 1. The van der Waals surface area contributed by atoms with Gasteiger partial charge in [0.1, 0.15) is 0 Å². The Morgan fingerprint density at radius 3 is 2.57 bits per heavy atom. The van der Waals surface area contributed by atoms with Gasteiger partial charge in [0.25, 0.3) is 5.91 Å². The lowest BCUT2D eigenvalue weighted by Crippen LogP contribution is -2.34. The number of para-hydroxylation sites is 2. The van der Waals surface area contributed by atoms with Gasteiger partial charge in [-0.3, -0.25) is 4.79 Å². The van der Waals surface area contributed by atoms with Gasteiger partial charge in [-0.05, 0) is 50.1 Å². The third-order valence-corrected chi connectivity index (χ3v) is 4.47. The number of anilines is 2. The van der Waals surface area contributed by atoms with Gasteiger partial charge in [0, 0.05) is 18.3 Å². The summed E-state index contributed by atoms with van der Waals surface area (Å²) in [6, 6.07) is 17.8. The summed E-state index contributed by atoms with van der Waals surface area (Å²) in [5, 5.41) is 3.34. The molecule has 0 radical (unpaired) electrons. The van der Waals surface area contributed by atoms with Crippen LogP contribution in [0.15, 0.2) is 54.6 Å². The lowest BCUT2D eigenvalue weighted by molar-refractivity contribution is 0.0744. The summed E-state index contributed by atoms with van der Waals surface area (Å²) in [6.45, 7) is 3.48. The third kappa shape index (κ3) is 3.37. The smallest absolute Gasteiger partial charge is 0.256 e. The number of hydrogen-bond donors (Lipinski definition) is 2. The summed E-state index contributed by atoms with van der Waals surface area (Å²) < 4.78 is 0. The Balaban J connectivity index is 1.84. The van der Waals surface area contributed by atoms with Gasteiger partial charge in [-0.15, -0.1) is 0 Å². The Bertz CT molecular complexity index is 671. The molecular formula is C19H23N3O. The largest absolute Gasteiger partial charge is 0.355 e. The van der Waals surface area contributed by atoms with E-state index in [0.717, 1.165) is 24.3 Å².